The van der Waals surface area contributed by atoms with Crippen LogP contribution < -0.4 is 4.90 Å². The highest BCUT2D eigenvalue weighted by molar-refractivity contribution is 7.26. The summed E-state index contributed by atoms with van der Waals surface area (Å²) in [6.45, 7) is 0. The molecule has 0 radical (unpaired) electrons. The Morgan fingerprint density at radius 1 is 0.442 bits per heavy atom. The summed E-state index contributed by atoms with van der Waals surface area (Å²) < 4.78 is 5.02. The van der Waals surface area contributed by atoms with Crippen LogP contribution in [0.5, 0.6) is 0 Å². The Hall–Kier alpha value is -5.38. The summed E-state index contributed by atoms with van der Waals surface area (Å²) in [7, 11) is 0. The van der Waals surface area contributed by atoms with Gasteiger partial charge in [-0.05, 0) is 53.9 Å². The first kappa shape index (κ1) is 24.2. The second kappa shape index (κ2) is 9.59. The fourth-order valence-electron chi connectivity index (χ4n) is 6.75. The molecule has 0 bridgehead atoms. The molecule has 0 aliphatic carbocycles. The molecule has 0 aliphatic rings. The highest BCUT2D eigenvalue weighted by Gasteiger charge is 2.22. The van der Waals surface area contributed by atoms with Crippen LogP contribution in [0.3, 0.4) is 0 Å². The standard InChI is InChI=1S/C40H26N2S/c1-2-15-28(16-3-1)41(33-23-10-14-27-13-4-5-17-29(27)33)36-24-12-26-38-39(36)32-20-11-25-37(40(32)43-38)42-34-21-8-6-18-30(34)31-19-7-9-22-35(31)42/h1-26H. The molecule has 9 aromatic rings. The van der Waals surface area contributed by atoms with Crippen LogP contribution in [-0.4, -0.2) is 4.57 Å². The van der Waals surface area contributed by atoms with Gasteiger partial charge < -0.3 is 9.47 Å². The summed E-state index contributed by atoms with van der Waals surface area (Å²) in [4.78, 5) is 2.43. The van der Waals surface area contributed by atoms with Gasteiger partial charge in [0.05, 0.1) is 32.8 Å². The maximum absolute atomic E-state index is 2.45. The predicted molar refractivity (Wildman–Crippen MR) is 186 cm³/mol. The number of hydrogen-bond donors (Lipinski definition) is 0. The fraction of sp³-hybridized carbons (Fsp3) is 0. The first-order valence-corrected chi connectivity index (χ1v) is 15.4. The zero-order chi connectivity index (χ0) is 28.3. The summed E-state index contributed by atoms with van der Waals surface area (Å²) in [5.74, 6) is 0. The van der Waals surface area contributed by atoms with Crippen molar-refractivity contribution in [1.29, 1.82) is 0 Å². The molecule has 9 rings (SSSR count). The highest BCUT2D eigenvalue weighted by atomic mass is 32.1. The zero-order valence-corrected chi connectivity index (χ0v) is 24.1. The monoisotopic (exact) mass is 566 g/mol. The van der Waals surface area contributed by atoms with Crippen LogP contribution in [-0.2, 0) is 0 Å². The number of thiophene rings is 1. The minimum absolute atomic E-state index is 1.14. The van der Waals surface area contributed by atoms with Gasteiger partial charge in [-0.2, -0.15) is 0 Å². The van der Waals surface area contributed by atoms with E-state index in [1.165, 1.54) is 69.8 Å². The molecule has 0 N–H and O–H groups in total. The smallest absolute Gasteiger partial charge is 0.0640 e. The fourth-order valence-corrected chi connectivity index (χ4v) is 7.97. The second-order valence-corrected chi connectivity index (χ2v) is 12.0. The van der Waals surface area contributed by atoms with Crippen molar-refractivity contribution in [2.45, 2.75) is 0 Å². The Morgan fingerprint density at radius 3 is 1.81 bits per heavy atom. The van der Waals surface area contributed by atoms with E-state index in [1.54, 1.807) is 0 Å². The lowest BCUT2D eigenvalue weighted by Gasteiger charge is -2.27. The second-order valence-electron chi connectivity index (χ2n) is 10.9. The van der Waals surface area contributed by atoms with Crippen molar-refractivity contribution >= 4 is 81.1 Å². The Labute approximate surface area is 253 Å². The van der Waals surface area contributed by atoms with E-state index in [2.05, 4.69) is 167 Å². The third-order valence-electron chi connectivity index (χ3n) is 8.56. The third kappa shape index (κ3) is 3.65. The topological polar surface area (TPSA) is 8.17 Å². The van der Waals surface area contributed by atoms with Gasteiger partial charge in [0.15, 0.2) is 0 Å². The molecule has 43 heavy (non-hydrogen) atoms. The SMILES string of the molecule is c1ccc(N(c2cccc3ccccc23)c2cccc3sc4c(-n5c6ccccc6c6ccccc65)cccc4c23)cc1. The van der Waals surface area contributed by atoms with Gasteiger partial charge >= 0.3 is 0 Å². The largest absolute Gasteiger partial charge is 0.309 e. The van der Waals surface area contributed by atoms with Crippen molar-refractivity contribution in [3.8, 4) is 5.69 Å². The lowest BCUT2D eigenvalue weighted by atomic mass is 10.0. The van der Waals surface area contributed by atoms with E-state index in [-0.39, 0.29) is 0 Å². The normalized spacial score (nSPS) is 11.7. The number of aromatic nitrogens is 1. The Balaban J connectivity index is 1.37. The van der Waals surface area contributed by atoms with Crippen molar-refractivity contribution in [3.63, 3.8) is 0 Å². The number of nitrogens with zero attached hydrogens (tertiary/aromatic N) is 2. The van der Waals surface area contributed by atoms with Gasteiger partial charge in [0, 0.05) is 37.3 Å². The number of fused-ring (bicyclic) bond motifs is 7. The van der Waals surface area contributed by atoms with Gasteiger partial charge in [0.1, 0.15) is 0 Å². The molecule has 3 heteroatoms. The van der Waals surface area contributed by atoms with E-state index in [4.69, 9.17) is 0 Å². The number of hydrogen-bond acceptors (Lipinski definition) is 2. The van der Waals surface area contributed by atoms with Crippen LogP contribution >= 0.6 is 11.3 Å². The molecule has 0 aliphatic heterocycles. The van der Waals surface area contributed by atoms with E-state index in [0.29, 0.717) is 0 Å². The number of rotatable bonds is 4. The Kier molecular flexibility index (Phi) is 5.40. The Bertz CT molecular complexity index is 2410. The minimum Gasteiger partial charge on any atom is -0.309 e. The molecule has 0 unspecified atom stereocenters. The highest BCUT2D eigenvalue weighted by Crippen LogP contribution is 2.48. The van der Waals surface area contributed by atoms with Crippen LogP contribution in [0.1, 0.15) is 0 Å². The first-order valence-electron chi connectivity index (χ1n) is 14.6. The lowest BCUT2D eigenvalue weighted by Crippen LogP contribution is -2.10. The van der Waals surface area contributed by atoms with E-state index in [1.807, 2.05) is 11.3 Å². The molecule has 0 saturated heterocycles. The molecule has 2 heterocycles. The lowest BCUT2D eigenvalue weighted by molar-refractivity contribution is 1.20. The minimum atomic E-state index is 1.14. The van der Waals surface area contributed by atoms with Gasteiger partial charge in [0.25, 0.3) is 0 Å². The number of para-hydroxylation sites is 3. The Morgan fingerprint density at radius 2 is 1.02 bits per heavy atom. The summed E-state index contributed by atoms with van der Waals surface area (Å²) in [5, 5.41) is 7.58. The molecule has 0 spiro atoms. The average Bonchev–Trinajstić information content (AvgIpc) is 3.62. The average molecular weight is 567 g/mol. The maximum atomic E-state index is 2.45. The van der Waals surface area contributed by atoms with Gasteiger partial charge in [-0.1, -0.05) is 109 Å². The molecule has 7 aromatic carbocycles. The molecule has 2 nitrogen and oxygen atoms in total. The van der Waals surface area contributed by atoms with Gasteiger partial charge in [-0.3, -0.25) is 0 Å². The van der Waals surface area contributed by atoms with Crippen LogP contribution in [0.25, 0.3) is 58.4 Å². The number of anilines is 3. The summed E-state index contributed by atoms with van der Waals surface area (Å²) in [6.07, 6.45) is 0. The van der Waals surface area contributed by atoms with Crippen LogP contribution in [0.2, 0.25) is 0 Å². The van der Waals surface area contributed by atoms with Crippen LogP contribution in [0, 0.1) is 0 Å². The molecule has 0 atom stereocenters. The molecule has 0 fully saturated rings. The zero-order valence-electron chi connectivity index (χ0n) is 23.3. The molecule has 0 saturated carbocycles. The quantitative estimate of drug-likeness (QED) is 0.206. The van der Waals surface area contributed by atoms with Crippen molar-refractivity contribution in [1.82, 2.24) is 4.57 Å². The van der Waals surface area contributed by atoms with Crippen molar-refractivity contribution < 1.29 is 0 Å². The van der Waals surface area contributed by atoms with Crippen LogP contribution in [0.4, 0.5) is 17.1 Å². The summed E-state index contributed by atoms with van der Waals surface area (Å²) in [6, 6.07) is 57.1. The number of benzene rings is 7. The van der Waals surface area contributed by atoms with E-state index >= 15 is 0 Å². The third-order valence-corrected chi connectivity index (χ3v) is 9.76. The molecular weight excluding hydrogens is 541 g/mol. The molecule has 202 valence electrons. The van der Waals surface area contributed by atoms with Crippen LogP contribution in [0.15, 0.2) is 158 Å². The molecular formula is C40H26N2S. The molecule has 0 amide bonds. The van der Waals surface area contributed by atoms with E-state index in [9.17, 15) is 0 Å². The summed E-state index contributed by atoms with van der Waals surface area (Å²) in [5.41, 5.74) is 7.19. The van der Waals surface area contributed by atoms with E-state index in [0.717, 1.165) is 5.69 Å². The van der Waals surface area contributed by atoms with Gasteiger partial charge in [-0.15, -0.1) is 11.3 Å². The van der Waals surface area contributed by atoms with E-state index < -0.39 is 0 Å². The summed E-state index contributed by atoms with van der Waals surface area (Å²) >= 11 is 1.88. The maximum Gasteiger partial charge on any atom is 0.0640 e. The van der Waals surface area contributed by atoms with Gasteiger partial charge in [0.2, 0.25) is 0 Å². The molecule has 2 aromatic heterocycles. The van der Waals surface area contributed by atoms with Crippen molar-refractivity contribution in [2.24, 2.45) is 0 Å². The van der Waals surface area contributed by atoms with Gasteiger partial charge in [-0.25, -0.2) is 0 Å². The first-order chi connectivity index (χ1) is 21.4. The van der Waals surface area contributed by atoms with Crippen molar-refractivity contribution in [3.05, 3.63) is 158 Å². The van der Waals surface area contributed by atoms with Crippen molar-refractivity contribution in [2.75, 3.05) is 4.90 Å². The predicted octanol–water partition coefficient (Wildman–Crippen LogP) is 11.8.